The molecule has 12 rings (SSSR count). The van der Waals surface area contributed by atoms with Crippen molar-refractivity contribution in [3.8, 4) is 40.4 Å². The highest BCUT2D eigenvalue weighted by Gasteiger charge is 2.27. The van der Waals surface area contributed by atoms with Gasteiger partial charge >= 0.3 is 0 Å². The van der Waals surface area contributed by atoms with E-state index in [0.717, 1.165) is 69.5 Å². The lowest BCUT2D eigenvalue weighted by molar-refractivity contribution is 0.717. The number of para-hydroxylation sites is 1. The zero-order valence-electron chi connectivity index (χ0n) is 31.8. The zero-order chi connectivity index (χ0) is 38.3. The standard InChI is InChI=1S/C50H36N8/c1-31-25-27-41-38(30-31)35-19-9-10-21-39(35)56(41)43-23-12-24-44(52-43)57-40-22-11-8-18-34(40)36-26-28-42-45(46(36)57)37-20-13-29-51-49(37)58(42)50-54-47(32-14-4-2-5-15-32)53-48(55-50)33-16-6-3-7-17-33/h2-10,12-21,23-29,31H,11,22,30H2,1H3. The molecule has 0 spiro atoms. The van der Waals surface area contributed by atoms with Crippen LogP contribution in [0.4, 0.5) is 0 Å². The Hall–Kier alpha value is -7.45. The maximum atomic E-state index is 5.55. The summed E-state index contributed by atoms with van der Waals surface area (Å²) in [5.41, 5.74) is 10.9. The average molecular weight is 749 g/mol. The molecule has 1 atom stereocenters. The zero-order valence-corrected chi connectivity index (χ0v) is 31.8. The molecule has 8 heteroatoms. The Labute approximate surface area is 334 Å². The summed E-state index contributed by atoms with van der Waals surface area (Å²) in [5.74, 6) is 3.99. The molecule has 10 aromatic rings. The second kappa shape index (κ2) is 12.8. The number of benzene rings is 4. The van der Waals surface area contributed by atoms with Gasteiger partial charge in [0.25, 0.3) is 0 Å². The number of allylic oxidation sites excluding steroid dienone is 2. The van der Waals surface area contributed by atoms with Crippen LogP contribution >= 0.6 is 0 Å². The van der Waals surface area contributed by atoms with Crippen LogP contribution in [0, 0.1) is 5.92 Å². The minimum absolute atomic E-state index is 0.489. The Morgan fingerprint density at radius 3 is 2.10 bits per heavy atom. The van der Waals surface area contributed by atoms with Gasteiger partial charge in [-0.3, -0.25) is 13.7 Å². The van der Waals surface area contributed by atoms with E-state index in [1.165, 1.54) is 38.8 Å². The Morgan fingerprint density at radius 1 is 0.586 bits per heavy atom. The fourth-order valence-electron chi connectivity index (χ4n) is 9.25. The molecule has 0 fully saturated rings. The smallest absolute Gasteiger partial charge is 0.240 e. The molecule has 0 saturated carbocycles. The van der Waals surface area contributed by atoms with Crippen LogP contribution in [0.15, 0.2) is 146 Å². The second-order valence-corrected chi connectivity index (χ2v) is 15.3. The molecule has 4 aromatic carbocycles. The SMILES string of the molecule is CC1C=Cc2c(c3ccccc3n2-c2cccc(-n3c4c(c5ccc6c(c7cccnc7n6-c6nc(-c7ccccc7)nc(-c7ccccc7)n6)c53)C=CCC4)n2)C1. The summed E-state index contributed by atoms with van der Waals surface area (Å²) < 4.78 is 6.85. The van der Waals surface area contributed by atoms with E-state index in [0.29, 0.717) is 23.5 Å². The topological polar surface area (TPSA) is 79.2 Å². The third kappa shape index (κ3) is 4.91. The van der Waals surface area contributed by atoms with Crippen molar-refractivity contribution >= 4 is 55.9 Å². The van der Waals surface area contributed by atoms with Gasteiger partial charge in [-0.1, -0.05) is 116 Å². The van der Waals surface area contributed by atoms with Gasteiger partial charge in [-0.2, -0.15) is 9.97 Å². The van der Waals surface area contributed by atoms with Crippen LogP contribution in [0.1, 0.15) is 35.9 Å². The average Bonchev–Trinajstić information content (AvgIpc) is 3.92. The predicted octanol–water partition coefficient (Wildman–Crippen LogP) is 11.1. The molecule has 6 aromatic heterocycles. The highest BCUT2D eigenvalue weighted by Crippen LogP contribution is 2.42. The van der Waals surface area contributed by atoms with Crippen molar-refractivity contribution in [3.63, 3.8) is 0 Å². The number of aromatic nitrogens is 8. The molecule has 2 aliphatic carbocycles. The molecule has 0 amide bonds. The van der Waals surface area contributed by atoms with Crippen molar-refractivity contribution in [3.05, 3.63) is 168 Å². The first kappa shape index (κ1) is 32.8. The van der Waals surface area contributed by atoms with Crippen LogP contribution in [-0.4, -0.2) is 38.6 Å². The number of hydrogen-bond donors (Lipinski definition) is 0. The van der Waals surface area contributed by atoms with Gasteiger partial charge < -0.3 is 0 Å². The van der Waals surface area contributed by atoms with Gasteiger partial charge in [-0.25, -0.2) is 15.0 Å². The molecule has 0 aliphatic heterocycles. The molecular formula is C50H36N8. The van der Waals surface area contributed by atoms with Crippen molar-refractivity contribution in [1.82, 2.24) is 38.6 Å². The van der Waals surface area contributed by atoms with Crippen LogP contribution in [0.25, 0.3) is 96.3 Å². The van der Waals surface area contributed by atoms with E-state index in [2.05, 4.69) is 106 Å². The van der Waals surface area contributed by atoms with Crippen LogP contribution in [0.2, 0.25) is 0 Å². The van der Waals surface area contributed by atoms with E-state index in [1.807, 2.05) is 72.9 Å². The molecule has 58 heavy (non-hydrogen) atoms. The molecular weight excluding hydrogens is 713 g/mol. The van der Waals surface area contributed by atoms with Gasteiger partial charge in [-0.15, -0.1) is 0 Å². The van der Waals surface area contributed by atoms with Crippen LogP contribution in [0.5, 0.6) is 0 Å². The summed E-state index contributed by atoms with van der Waals surface area (Å²) in [6.07, 6.45) is 13.9. The van der Waals surface area contributed by atoms with Crippen LogP contribution < -0.4 is 0 Å². The highest BCUT2D eigenvalue weighted by atomic mass is 15.2. The molecule has 0 radical (unpaired) electrons. The minimum atomic E-state index is 0.489. The van der Waals surface area contributed by atoms with Crippen molar-refractivity contribution in [2.75, 3.05) is 0 Å². The van der Waals surface area contributed by atoms with E-state index in [-0.39, 0.29) is 0 Å². The van der Waals surface area contributed by atoms with E-state index in [1.54, 1.807) is 0 Å². The number of rotatable bonds is 5. The first-order chi connectivity index (χ1) is 28.7. The van der Waals surface area contributed by atoms with E-state index in [9.17, 15) is 0 Å². The van der Waals surface area contributed by atoms with Gasteiger partial charge in [0.15, 0.2) is 11.6 Å². The maximum absolute atomic E-state index is 5.55. The first-order valence-electron chi connectivity index (χ1n) is 20.0. The summed E-state index contributed by atoms with van der Waals surface area (Å²) >= 11 is 0. The molecule has 6 heterocycles. The van der Waals surface area contributed by atoms with Crippen molar-refractivity contribution in [2.45, 2.75) is 26.2 Å². The molecule has 8 nitrogen and oxygen atoms in total. The Balaban J connectivity index is 1.14. The van der Waals surface area contributed by atoms with E-state index < -0.39 is 0 Å². The normalized spacial score (nSPS) is 14.8. The fourth-order valence-corrected chi connectivity index (χ4v) is 9.25. The Bertz CT molecular complexity index is 3270. The summed E-state index contributed by atoms with van der Waals surface area (Å²) in [4.78, 5) is 25.9. The molecule has 1 unspecified atom stereocenters. The summed E-state index contributed by atoms with van der Waals surface area (Å²) in [7, 11) is 0. The Kier molecular flexibility index (Phi) is 7.23. The summed E-state index contributed by atoms with van der Waals surface area (Å²) in [5, 5.41) is 4.58. The third-order valence-electron chi connectivity index (χ3n) is 11.8. The fraction of sp³-hybridized carbons (Fsp3) is 0.100. The highest BCUT2D eigenvalue weighted by molar-refractivity contribution is 6.21. The largest absolute Gasteiger partial charge is 0.297 e. The molecule has 0 N–H and O–H groups in total. The van der Waals surface area contributed by atoms with E-state index in [4.69, 9.17) is 24.9 Å². The number of pyridine rings is 2. The first-order valence-corrected chi connectivity index (χ1v) is 20.0. The van der Waals surface area contributed by atoms with E-state index >= 15 is 0 Å². The quantitative estimate of drug-likeness (QED) is 0.175. The maximum Gasteiger partial charge on any atom is 0.240 e. The van der Waals surface area contributed by atoms with Gasteiger partial charge in [0.2, 0.25) is 5.95 Å². The number of fused-ring (bicyclic) bond motifs is 10. The molecule has 0 saturated heterocycles. The molecule has 0 bridgehead atoms. The summed E-state index contributed by atoms with van der Waals surface area (Å²) in [6.45, 7) is 2.29. The van der Waals surface area contributed by atoms with Gasteiger partial charge in [0.05, 0.1) is 22.2 Å². The van der Waals surface area contributed by atoms with Crippen LogP contribution in [-0.2, 0) is 12.8 Å². The lowest BCUT2D eigenvalue weighted by Crippen LogP contribution is -2.09. The lowest BCUT2D eigenvalue weighted by atomic mass is 9.93. The van der Waals surface area contributed by atoms with Crippen molar-refractivity contribution in [1.29, 1.82) is 0 Å². The van der Waals surface area contributed by atoms with Crippen LogP contribution in [0.3, 0.4) is 0 Å². The predicted molar refractivity (Wildman–Crippen MR) is 234 cm³/mol. The van der Waals surface area contributed by atoms with Gasteiger partial charge in [-0.05, 0) is 73.2 Å². The lowest BCUT2D eigenvalue weighted by Gasteiger charge is -2.17. The molecule has 2 aliphatic rings. The second-order valence-electron chi connectivity index (χ2n) is 15.3. The van der Waals surface area contributed by atoms with Gasteiger partial charge in [0, 0.05) is 50.1 Å². The third-order valence-corrected chi connectivity index (χ3v) is 11.8. The van der Waals surface area contributed by atoms with Crippen molar-refractivity contribution in [2.24, 2.45) is 5.92 Å². The van der Waals surface area contributed by atoms with Crippen molar-refractivity contribution < 1.29 is 0 Å². The van der Waals surface area contributed by atoms with Gasteiger partial charge in [0.1, 0.15) is 17.3 Å². The molecule has 276 valence electrons. The minimum Gasteiger partial charge on any atom is -0.297 e. The number of hydrogen-bond acceptors (Lipinski definition) is 5. The Morgan fingerprint density at radius 2 is 1.31 bits per heavy atom. The summed E-state index contributed by atoms with van der Waals surface area (Å²) in [6, 6.07) is 44.0. The monoisotopic (exact) mass is 748 g/mol. The number of nitrogens with zero attached hydrogens (tertiary/aromatic N) is 8.